The topological polar surface area (TPSA) is 46.2 Å². The van der Waals surface area contributed by atoms with E-state index in [9.17, 15) is 0 Å². The third-order valence-electron chi connectivity index (χ3n) is 1.56. The molecule has 3 N–H and O–H groups in total. The van der Waals surface area contributed by atoms with Gasteiger partial charge >= 0.3 is 0 Å². The quantitative estimate of drug-likeness (QED) is 0.558. The molecule has 1 aromatic rings. The number of benzene rings is 1. The fraction of sp³-hybridized carbons (Fsp3) is 0.333. The lowest BCUT2D eigenvalue weighted by molar-refractivity contribution is 0.478. The van der Waals surface area contributed by atoms with Crippen LogP contribution in [0.5, 0.6) is 5.75 Å². The zero-order valence-corrected chi connectivity index (χ0v) is 7.90. The molecule has 3 heteroatoms. The van der Waals surface area contributed by atoms with Gasteiger partial charge in [0.15, 0.2) is 0 Å². The number of thioether (sulfide) groups is 1. The van der Waals surface area contributed by atoms with Crippen LogP contribution in [0.2, 0.25) is 0 Å². The first-order chi connectivity index (χ1) is 5.74. The second kappa shape index (κ2) is 4.26. The van der Waals surface area contributed by atoms with Gasteiger partial charge in [0.05, 0.1) is 5.69 Å². The number of hydrogen-bond acceptors (Lipinski definition) is 3. The Bertz CT molecular complexity index is 263. The smallest absolute Gasteiger partial charge is 0.138 e. The summed E-state index contributed by atoms with van der Waals surface area (Å²) >= 11 is 1.84. The highest BCUT2D eigenvalue weighted by molar-refractivity contribution is 7.98. The molecule has 66 valence electrons. The number of hydrogen-bond donors (Lipinski definition) is 2. The van der Waals surface area contributed by atoms with Crippen LogP contribution in [0.15, 0.2) is 18.2 Å². The summed E-state index contributed by atoms with van der Waals surface area (Å²) in [5.74, 6) is 2.22. The Morgan fingerprint density at radius 2 is 2.25 bits per heavy atom. The largest absolute Gasteiger partial charge is 0.506 e. The van der Waals surface area contributed by atoms with Gasteiger partial charge < -0.3 is 10.8 Å². The maximum atomic E-state index is 9.14. The molecule has 0 saturated heterocycles. The van der Waals surface area contributed by atoms with Gasteiger partial charge in [0.2, 0.25) is 0 Å². The number of nitrogen functional groups attached to an aromatic ring is 1. The van der Waals surface area contributed by atoms with Crippen LogP contribution in [-0.4, -0.2) is 10.9 Å². The minimum atomic E-state index is 0.167. The molecule has 0 radical (unpaired) electrons. The summed E-state index contributed by atoms with van der Waals surface area (Å²) in [6.07, 6.45) is 0. The van der Waals surface area contributed by atoms with E-state index in [-0.39, 0.29) is 5.75 Å². The van der Waals surface area contributed by atoms with Crippen molar-refractivity contribution < 1.29 is 5.11 Å². The molecular formula is C9H13NOS. The molecule has 0 heterocycles. The fourth-order valence-corrected chi connectivity index (χ4v) is 1.53. The first-order valence-electron chi connectivity index (χ1n) is 3.89. The number of phenolic OH excluding ortho intramolecular Hbond substituents is 1. The maximum Gasteiger partial charge on any atom is 0.138 e. The normalized spacial score (nSPS) is 10.1. The van der Waals surface area contributed by atoms with Gasteiger partial charge in [-0.3, -0.25) is 0 Å². The highest BCUT2D eigenvalue weighted by atomic mass is 32.2. The first kappa shape index (κ1) is 9.26. The minimum absolute atomic E-state index is 0.167. The molecule has 1 rings (SSSR count). The van der Waals surface area contributed by atoms with Crippen molar-refractivity contribution in [2.24, 2.45) is 0 Å². The number of rotatable bonds is 3. The van der Waals surface area contributed by atoms with E-state index in [0.29, 0.717) is 5.69 Å². The zero-order chi connectivity index (χ0) is 8.97. The van der Waals surface area contributed by atoms with Gasteiger partial charge in [-0.25, -0.2) is 0 Å². The van der Waals surface area contributed by atoms with Gasteiger partial charge in [-0.05, 0) is 23.4 Å². The molecule has 0 saturated carbocycles. The van der Waals surface area contributed by atoms with Crippen molar-refractivity contribution in [2.75, 3.05) is 11.5 Å². The fourth-order valence-electron chi connectivity index (χ4n) is 0.914. The third-order valence-corrected chi connectivity index (χ3v) is 2.51. The molecular weight excluding hydrogens is 170 g/mol. The van der Waals surface area contributed by atoms with E-state index in [1.807, 2.05) is 23.9 Å². The molecule has 0 amide bonds. The molecule has 0 aliphatic rings. The average Bonchev–Trinajstić information content (AvgIpc) is 2.07. The van der Waals surface area contributed by atoms with Crippen molar-refractivity contribution in [1.82, 2.24) is 0 Å². The van der Waals surface area contributed by atoms with Crippen LogP contribution in [0, 0.1) is 0 Å². The van der Waals surface area contributed by atoms with E-state index in [4.69, 9.17) is 10.8 Å². The molecule has 0 aliphatic carbocycles. The summed E-state index contributed by atoms with van der Waals surface area (Å²) in [4.78, 5) is 0. The van der Waals surface area contributed by atoms with Gasteiger partial charge in [-0.1, -0.05) is 13.0 Å². The SMILES string of the molecule is CCSCc1ccc(O)c(N)c1. The predicted molar refractivity (Wildman–Crippen MR) is 54.4 cm³/mol. The van der Waals surface area contributed by atoms with Crippen LogP contribution in [0.3, 0.4) is 0 Å². The molecule has 1 aromatic carbocycles. The molecule has 0 spiro atoms. The second-order valence-corrected chi connectivity index (χ2v) is 3.80. The summed E-state index contributed by atoms with van der Waals surface area (Å²) in [5.41, 5.74) is 7.16. The third kappa shape index (κ3) is 2.34. The second-order valence-electron chi connectivity index (χ2n) is 2.53. The van der Waals surface area contributed by atoms with Gasteiger partial charge in [0.25, 0.3) is 0 Å². The summed E-state index contributed by atoms with van der Waals surface area (Å²) in [6.45, 7) is 2.12. The first-order valence-corrected chi connectivity index (χ1v) is 5.04. The lowest BCUT2D eigenvalue weighted by Gasteiger charge is -2.02. The molecule has 2 nitrogen and oxygen atoms in total. The van der Waals surface area contributed by atoms with E-state index in [2.05, 4.69) is 6.92 Å². The van der Waals surface area contributed by atoms with Crippen molar-refractivity contribution >= 4 is 17.4 Å². The highest BCUT2D eigenvalue weighted by Crippen LogP contribution is 2.22. The number of aromatic hydroxyl groups is 1. The van der Waals surface area contributed by atoms with Crippen molar-refractivity contribution in [1.29, 1.82) is 0 Å². The lowest BCUT2D eigenvalue weighted by Crippen LogP contribution is -1.88. The molecule has 0 fully saturated rings. The van der Waals surface area contributed by atoms with Crippen molar-refractivity contribution in [3.8, 4) is 5.75 Å². The van der Waals surface area contributed by atoms with E-state index in [1.54, 1.807) is 6.07 Å². The maximum absolute atomic E-state index is 9.14. The Morgan fingerprint density at radius 1 is 1.50 bits per heavy atom. The molecule has 0 atom stereocenters. The number of phenols is 1. The van der Waals surface area contributed by atoms with Gasteiger partial charge in [0.1, 0.15) is 5.75 Å². The van der Waals surface area contributed by atoms with Crippen LogP contribution < -0.4 is 5.73 Å². The highest BCUT2D eigenvalue weighted by Gasteiger charge is 1.97. The Kier molecular flexibility index (Phi) is 3.29. The molecule has 0 unspecified atom stereocenters. The van der Waals surface area contributed by atoms with E-state index < -0.39 is 0 Å². The average molecular weight is 183 g/mol. The summed E-state index contributed by atoms with van der Waals surface area (Å²) < 4.78 is 0. The molecule has 0 bridgehead atoms. The van der Waals surface area contributed by atoms with Gasteiger partial charge in [0, 0.05) is 5.75 Å². The summed E-state index contributed by atoms with van der Waals surface area (Å²) in [5, 5.41) is 9.14. The van der Waals surface area contributed by atoms with Crippen LogP contribution in [0.25, 0.3) is 0 Å². The van der Waals surface area contributed by atoms with Gasteiger partial charge in [-0.15, -0.1) is 0 Å². The van der Waals surface area contributed by atoms with Crippen LogP contribution in [0.4, 0.5) is 5.69 Å². The standard InChI is InChI=1S/C9H13NOS/c1-2-12-6-7-3-4-9(11)8(10)5-7/h3-5,11H,2,6,10H2,1H3. The van der Waals surface area contributed by atoms with E-state index >= 15 is 0 Å². The molecule has 0 aliphatic heterocycles. The van der Waals surface area contributed by atoms with Gasteiger partial charge in [-0.2, -0.15) is 11.8 Å². The van der Waals surface area contributed by atoms with Crippen LogP contribution in [0.1, 0.15) is 12.5 Å². The minimum Gasteiger partial charge on any atom is -0.506 e. The Morgan fingerprint density at radius 3 is 2.83 bits per heavy atom. The van der Waals surface area contributed by atoms with E-state index in [1.165, 1.54) is 0 Å². The zero-order valence-electron chi connectivity index (χ0n) is 7.08. The summed E-state index contributed by atoms with van der Waals surface area (Å²) in [6, 6.07) is 5.35. The van der Waals surface area contributed by atoms with Crippen molar-refractivity contribution in [2.45, 2.75) is 12.7 Å². The Hall–Kier alpha value is -0.830. The summed E-state index contributed by atoms with van der Waals surface area (Å²) in [7, 11) is 0. The van der Waals surface area contributed by atoms with Crippen molar-refractivity contribution in [3.63, 3.8) is 0 Å². The molecule has 0 aromatic heterocycles. The monoisotopic (exact) mass is 183 g/mol. The van der Waals surface area contributed by atoms with Crippen LogP contribution >= 0.6 is 11.8 Å². The van der Waals surface area contributed by atoms with E-state index in [0.717, 1.165) is 17.1 Å². The number of anilines is 1. The predicted octanol–water partition coefficient (Wildman–Crippen LogP) is 2.23. The van der Waals surface area contributed by atoms with Crippen molar-refractivity contribution in [3.05, 3.63) is 23.8 Å². The Labute approximate surface area is 76.8 Å². The number of nitrogens with two attached hydrogens (primary N) is 1. The lowest BCUT2D eigenvalue weighted by atomic mass is 10.2. The van der Waals surface area contributed by atoms with Crippen LogP contribution in [-0.2, 0) is 5.75 Å². The Balaban J connectivity index is 2.69. The molecule has 12 heavy (non-hydrogen) atoms.